The van der Waals surface area contributed by atoms with Crippen LogP contribution in [-0.2, 0) is 9.59 Å². The van der Waals surface area contributed by atoms with Gasteiger partial charge >= 0.3 is 0 Å². The molecular weight excluding hydrogens is 258 g/mol. The zero-order valence-electron chi connectivity index (χ0n) is 12.2. The molecule has 0 aromatic rings. The number of carbonyl (C=O) groups is 2. The van der Waals surface area contributed by atoms with Crippen LogP contribution in [0.15, 0.2) is 0 Å². The van der Waals surface area contributed by atoms with E-state index in [-0.39, 0.29) is 11.8 Å². The molecule has 2 saturated heterocycles. The second-order valence-electron chi connectivity index (χ2n) is 5.47. The number of carbonyl (C=O) groups excluding carboxylic acids is 2. The van der Waals surface area contributed by atoms with Crippen molar-refractivity contribution in [3.8, 4) is 0 Å². The van der Waals surface area contributed by atoms with Gasteiger partial charge < -0.3 is 16.0 Å². The molecule has 0 bridgehead atoms. The number of rotatable bonds is 6. The summed E-state index contributed by atoms with van der Waals surface area (Å²) in [4.78, 5) is 27.0. The van der Waals surface area contributed by atoms with Gasteiger partial charge in [0.05, 0.1) is 6.54 Å². The Kier molecular flexibility index (Phi) is 5.75. The molecule has 7 heteroatoms. The van der Waals surface area contributed by atoms with Crippen LogP contribution < -0.4 is 16.0 Å². The van der Waals surface area contributed by atoms with Crippen molar-refractivity contribution in [1.29, 1.82) is 0 Å². The van der Waals surface area contributed by atoms with E-state index in [9.17, 15) is 9.59 Å². The molecule has 20 heavy (non-hydrogen) atoms. The van der Waals surface area contributed by atoms with Crippen LogP contribution in [0.2, 0.25) is 0 Å². The van der Waals surface area contributed by atoms with E-state index in [1.165, 1.54) is 6.92 Å². The van der Waals surface area contributed by atoms with Crippen molar-refractivity contribution in [1.82, 2.24) is 25.8 Å². The number of hydrogen-bond donors (Lipinski definition) is 3. The summed E-state index contributed by atoms with van der Waals surface area (Å²) < 4.78 is 0. The standard InChI is InChI=1S/C13H25N5O2/c1-11(19)15-2-3-16-13(20)10-17-8-12(9-17)18-6-4-14-5-7-18/h12,14H,2-10H2,1H3,(H,15,19)(H,16,20). The molecule has 0 radical (unpaired) electrons. The first kappa shape index (κ1) is 15.2. The van der Waals surface area contributed by atoms with Gasteiger partial charge in [0, 0.05) is 65.3 Å². The summed E-state index contributed by atoms with van der Waals surface area (Å²) >= 11 is 0. The van der Waals surface area contributed by atoms with Gasteiger partial charge in [0.2, 0.25) is 11.8 Å². The Labute approximate surface area is 120 Å². The summed E-state index contributed by atoms with van der Waals surface area (Å²) in [6.45, 7) is 9.25. The van der Waals surface area contributed by atoms with E-state index in [1.54, 1.807) is 0 Å². The summed E-state index contributed by atoms with van der Waals surface area (Å²) in [6.07, 6.45) is 0. The lowest BCUT2D eigenvalue weighted by atomic mass is 10.1. The predicted molar refractivity (Wildman–Crippen MR) is 76.4 cm³/mol. The molecule has 0 aliphatic carbocycles. The van der Waals surface area contributed by atoms with Crippen LogP contribution in [0.3, 0.4) is 0 Å². The highest BCUT2D eigenvalue weighted by Gasteiger charge is 2.32. The Morgan fingerprint density at radius 3 is 2.45 bits per heavy atom. The molecule has 2 fully saturated rings. The Bertz CT molecular complexity index is 338. The van der Waals surface area contributed by atoms with Crippen molar-refractivity contribution >= 4 is 11.8 Å². The van der Waals surface area contributed by atoms with Crippen LogP contribution in [0, 0.1) is 0 Å². The monoisotopic (exact) mass is 283 g/mol. The van der Waals surface area contributed by atoms with Crippen LogP contribution in [0.1, 0.15) is 6.92 Å². The lowest BCUT2D eigenvalue weighted by Gasteiger charge is -2.46. The lowest BCUT2D eigenvalue weighted by Crippen LogP contribution is -2.63. The number of piperazine rings is 1. The van der Waals surface area contributed by atoms with E-state index in [4.69, 9.17) is 0 Å². The fraction of sp³-hybridized carbons (Fsp3) is 0.846. The predicted octanol–water partition coefficient (Wildman–Crippen LogP) is -2.17. The SMILES string of the molecule is CC(=O)NCCNC(=O)CN1CC(N2CCNCC2)C1. The topological polar surface area (TPSA) is 76.7 Å². The molecule has 2 rings (SSSR count). The van der Waals surface area contributed by atoms with Gasteiger partial charge in [-0.05, 0) is 0 Å². The van der Waals surface area contributed by atoms with E-state index in [1.807, 2.05) is 0 Å². The summed E-state index contributed by atoms with van der Waals surface area (Å²) in [7, 11) is 0. The van der Waals surface area contributed by atoms with E-state index in [0.717, 1.165) is 39.3 Å². The van der Waals surface area contributed by atoms with Gasteiger partial charge in [-0.15, -0.1) is 0 Å². The average molecular weight is 283 g/mol. The maximum absolute atomic E-state index is 11.7. The molecule has 2 aliphatic rings. The van der Waals surface area contributed by atoms with E-state index < -0.39 is 0 Å². The summed E-state index contributed by atoms with van der Waals surface area (Å²) in [5, 5.41) is 8.81. The minimum Gasteiger partial charge on any atom is -0.355 e. The van der Waals surface area contributed by atoms with Crippen molar-refractivity contribution in [2.75, 3.05) is 58.9 Å². The Morgan fingerprint density at radius 1 is 1.15 bits per heavy atom. The van der Waals surface area contributed by atoms with Crippen molar-refractivity contribution < 1.29 is 9.59 Å². The molecule has 0 aromatic carbocycles. The third-order valence-electron chi connectivity index (χ3n) is 3.79. The van der Waals surface area contributed by atoms with E-state index >= 15 is 0 Å². The number of likely N-dealkylation sites (tertiary alicyclic amines) is 1. The maximum Gasteiger partial charge on any atom is 0.234 e. The maximum atomic E-state index is 11.7. The molecule has 2 aliphatic heterocycles. The van der Waals surface area contributed by atoms with Gasteiger partial charge in [0.25, 0.3) is 0 Å². The minimum absolute atomic E-state index is 0.0362. The van der Waals surface area contributed by atoms with Crippen molar-refractivity contribution in [2.45, 2.75) is 13.0 Å². The zero-order chi connectivity index (χ0) is 14.4. The first-order chi connectivity index (χ1) is 9.65. The highest BCUT2D eigenvalue weighted by molar-refractivity contribution is 5.78. The van der Waals surface area contributed by atoms with Gasteiger partial charge in [-0.1, -0.05) is 0 Å². The summed E-state index contributed by atoms with van der Waals surface area (Å²) in [5.41, 5.74) is 0. The highest BCUT2D eigenvalue weighted by atomic mass is 16.2. The summed E-state index contributed by atoms with van der Waals surface area (Å²) in [6, 6.07) is 0.615. The third-order valence-corrected chi connectivity index (χ3v) is 3.79. The molecule has 0 aromatic heterocycles. The smallest absolute Gasteiger partial charge is 0.234 e. The highest BCUT2D eigenvalue weighted by Crippen LogP contribution is 2.14. The largest absolute Gasteiger partial charge is 0.355 e. The molecule has 7 nitrogen and oxygen atoms in total. The van der Waals surface area contributed by atoms with Crippen LogP contribution in [0.25, 0.3) is 0 Å². The van der Waals surface area contributed by atoms with Crippen LogP contribution in [0.4, 0.5) is 0 Å². The molecule has 3 N–H and O–H groups in total. The Morgan fingerprint density at radius 2 is 1.80 bits per heavy atom. The first-order valence-corrected chi connectivity index (χ1v) is 7.33. The zero-order valence-corrected chi connectivity index (χ0v) is 12.2. The number of nitrogens with zero attached hydrogens (tertiary/aromatic N) is 2. The average Bonchev–Trinajstić information content (AvgIpc) is 2.39. The molecule has 0 atom stereocenters. The third kappa shape index (κ3) is 4.73. The molecule has 2 amide bonds. The van der Waals surface area contributed by atoms with E-state index in [0.29, 0.717) is 25.7 Å². The molecule has 0 saturated carbocycles. The lowest BCUT2D eigenvalue weighted by molar-refractivity contribution is -0.124. The Hall–Kier alpha value is -1.18. The number of nitrogens with one attached hydrogen (secondary N) is 3. The second-order valence-corrected chi connectivity index (χ2v) is 5.47. The van der Waals surface area contributed by atoms with Crippen LogP contribution in [0.5, 0.6) is 0 Å². The van der Waals surface area contributed by atoms with Crippen molar-refractivity contribution in [2.24, 2.45) is 0 Å². The molecule has 2 heterocycles. The quantitative estimate of drug-likeness (QED) is 0.484. The van der Waals surface area contributed by atoms with Gasteiger partial charge in [-0.3, -0.25) is 19.4 Å². The fourth-order valence-corrected chi connectivity index (χ4v) is 2.65. The summed E-state index contributed by atoms with van der Waals surface area (Å²) in [5.74, 6) is -0.0324. The number of hydrogen-bond acceptors (Lipinski definition) is 5. The Balaban J connectivity index is 1.52. The molecule has 114 valence electrons. The van der Waals surface area contributed by atoms with Gasteiger partial charge in [-0.25, -0.2) is 0 Å². The fourth-order valence-electron chi connectivity index (χ4n) is 2.65. The van der Waals surface area contributed by atoms with Crippen molar-refractivity contribution in [3.63, 3.8) is 0 Å². The normalized spacial score (nSPS) is 21.2. The first-order valence-electron chi connectivity index (χ1n) is 7.33. The molecular formula is C13H25N5O2. The van der Waals surface area contributed by atoms with Gasteiger partial charge in [0.15, 0.2) is 0 Å². The molecule has 0 unspecified atom stereocenters. The number of amides is 2. The van der Waals surface area contributed by atoms with Crippen molar-refractivity contribution in [3.05, 3.63) is 0 Å². The van der Waals surface area contributed by atoms with Crippen LogP contribution in [-0.4, -0.2) is 86.6 Å². The second kappa shape index (κ2) is 7.56. The van der Waals surface area contributed by atoms with E-state index in [2.05, 4.69) is 25.8 Å². The van der Waals surface area contributed by atoms with Crippen LogP contribution >= 0.6 is 0 Å². The van der Waals surface area contributed by atoms with Gasteiger partial charge in [0.1, 0.15) is 0 Å². The molecule has 0 spiro atoms. The minimum atomic E-state index is -0.0687. The van der Waals surface area contributed by atoms with Gasteiger partial charge in [-0.2, -0.15) is 0 Å².